The van der Waals surface area contributed by atoms with Crippen molar-refractivity contribution in [2.75, 3.05) is 0 Å². The molecule has 2 aromatic heterocycles. The second-order valence-corrected chi connectivity index (χ2v) is 9.97. The van der Waals surface area contributed by atoms with Gasteiger partial charge in [-0.05, 0) is 56.0 Å². The average Bonchev–Trinajstić information content (AvgIpc) is 3.37. The minimum absolute atomic E-state index is 0.179. The molecule has 9 nitrogen and oxygen atoms in total. The highest BCUT2D eigenvalue weighted by molar-refractivity contribution is 5.87. The third-order valence-electron chi connectivity index (χ3n) is 7.24. The summed E-state index contributed by atoms with van der Waals surface area (Å²) in [5.74, 6) is -4.64. The van der Waals surface area contributed by atoms with Gasteiger partial charge in [0, 0.05) is 31.8 Å². The maximum atomic E-state index is 14.3. The Morgan fingerprint density at radius 2 is 1.79 bits per heavy atom. The number of aromatic carboxylic acids is 1. The van der Waals surface area contributed by atoms with Crippen LogP contribution in [0.3, 0.4) is 0 Å². The molecule has 0 saturated carbocycles. The summed E-state index contributed by atoms with van der Waals surface area (Å²) >= 11 is 0. The number of benzene rings is 2. The number of hydrogen-bond acceptors (Lipinski definition) is 4. The van der Waals surface area contributed by atoms with E-state index < -0.39 is 34.7 Å². The number of carboxylic acids is 1. The summed E-state index contributed by atoms with van der Waals surface area (Å²) in [6, 6.07) is 8.05. The molecule has 4 aromatic rings. The SMILES string of the molecule is CC(C)n1c(=O)n(C)c2ccc(-n3cc(C(=O)O)c(=O)n([C@@H]4CCc5c4cccc5C(C)(F)F)c3=O)cc21. The standard InChI is InChI=1S/C27H26F2N4O5/c1-14(2)32-22-12-15(8-10-21(22)30(4)25(32)37)31-13-18(24(35)36)23(34)33(26(31)38)20-11-9-16-17(20)6-5-7-19(16)27(3,28)29/h5-8,10,12-14,20H,9,11H2,1-4H3,(H,35,36)/t20-/m1/s1. The number of nitrogens with zero attached hydrogens (tertiary/aromatic N) is 4. The van der Waals surface area contributed by atoms with Gasteiger partial charge in [0.2, 0.25) is 0 Å². The van der Waals surface area contributed by atoms with E-state index in [1.807, 2.05) is 13.8 Å². The second-order valence-electron chi connectivity index (χ2n) is 9.97. The van der Waals surface area contributed by atoms with Crippen molar-refractivity contribution >= 4 is 17.0 Å². The number of aromatic nitrogens is 4. The van der Waals surface area contributed by atoms with Crippen molar-refractivity contribution in [1.29, 1.82) is 0 Å². The summed E-state index contributed by atoms with van der Waals surface area (Å²) in [5, 5.41) is 9.79. The Hall–Kier alpha value is -4.28. The van der Waals surface area contributed by atoms with Crippen LogP contribution in [0.4, 0.5) is 8.78 Å². The maximum Gasteiger partial charge on any atom is 0.342 e. The highest BCUT2D eigenvalue weighted by atomic mass is 19.3. The molecule has 11 heteroatoms. The van der Waals surface area contributed by atoms with Gasteiger partial charge in [0.25, 0.3) is 11.5 Å². The first kappa shape index (κ1) is 25.4. The first-order valence-electron chi connectivity index (χ1n) is 12.2. The number of halogens is 2. The molecule has 0 fully saturated rings. The zero-order valence-corrected chi connectivity index (χ0v) is 21.2. The molecule has 0 bridgehead atoms. The van der Waals surface area contributed by atoms with Crippen LogP contribution in [0.1, 0.15) is 66.3 Å². The Labute approximate surface area is 214 Å². The molecule has 2 heterocycles. The summed E-state index contributed by atoms with van der Waals surface area (Å²) in [4.78, 5) is 51.8. The molecule has 0 amide bonds. The van der Waals surface area contributed by atoms with E-state index in [9.17, 15) is 33.1 Å². The molecule has 1 atom stereocenters. The van der Waals surface area contributed by atoms with Gasteiger partial charge in [0.15, 0.2) is 0 Å². The molecule has 198 valence electrons. The first-order valence-corrected chi connectivity index (χ1v) is 12.2. The molecule has 38 heavy (non-hydrogen) atoms. The van der Waals surface area contributed by atoms with Crippen molar-refractivity contribution in [2.24, 2.45) is 7.05 Å². The highest BCUT2D eigenvalue weighted by Gasteiger charge is 2.35. The number of fused-ring (bicyclic) bond motifs is 2. The van der Waals surface area contributed by atoms with Crippen LogP contribution in [-0.4, -0.2) is 29.3 Å². The number of hydrogen-bond donors (Lipinski definition) is 1. The van der Waals surface area contributed by atoms with Crippen LogP contribution in [0.15, 0.2) is 57.0 Å². The molecule has 0 unspecified atom stereocenters. The van der Waals surface area contributed by atoms with Crippen molar-refractivity contribution in [3.05, 3.63) is 96.2 Å². The van der Waals surface area contributed by atoms with Crippen LogP contribution in [0.5, 0.6) is 0 Å². The molecule has 0 aliphatic heterocycles. The van der Waals surface area contributed by atoms with E-state index in [0.29, 0.717) is 22.2 Å². The minimum atomic E-state index is -3.12. The van der Waals surface area contributed by atoms with Gasteiger partial charge < -0.3 is 5.11 Å². The number of imidazole rings is 1. The molecular formula is C27H26F2N4O5. The highest BCUT2D eigenvalue weighted by Crippen LogP contribution is 2.40. The fourth-order valence-corrected chi connectivity index (χ4v) is 5.50. The molecule has 1 N–H and O–H groups in total. The van der Waals surface area contributed by atoms with E-state index in [1.165, 1.54) is 16.7 Å². The second kappa shape index (κ2) is 8.64. The van der Waals surface area contributed by atoms with Crippen molar-refractivity contribution in [3.63, 3.8) is 0 Å². The van der Waals surface area contributed by atoms with Crippen LogP contribution in [-0.2, 0) is 19.4 Å². The molecule has 1 aliphatic carbocycles. The van der Waals surface area contributed by atoms with Gasteiger partial charge in [-0.25, -0.2) is 23.2 Å². The Bertz CT molecular complexity index is 1800. The number of alkyl halides is 2. The zero-order chi connectivity index (χ0) is 27.7. The summed E-state index contributed by atoms with van der Waals surface area (Å²) in [6.45, 7) is 4.47. The van der Waals surface area contributed by atoms with Crippen LogP contribution in [0.2, 0.25) is 0 Å². The Balaban J connectivity index is 1.78. The molecule has 2 aromatic carbocycles. The molecule has 0 radical (unpaired) electrons. The zero-order valence-electron chi connectivity index (χ0n) is 21.2. The van der Waals surface area contributed by atoms with Crippen LogP contribution >= 0.6 is 0 Å². The van der Waals surface area contributed by atoms with Crippen molar-refractivity contribution in [1.82, 2.24) is 18.3 Å². The lowest BCUT2D eigenvalue weighted by Crippen LogP contribution is -2.43. The van der Waals surface area contributed by atoms with E-state index in [-0.39, 0.29) is 35.8 Å². The lowest BCUT2D eigenvalue weighted by molar-refractivity contribution is 0.0166. The predicted octanol–water partition coefficient (Wildman–Crippen LogP) is 3.58. The lowest BCUT2D eigenvalue weighted by Gasteiger charge is -2.19. The fourth-order valence-electron chi connectivity index (χ4n) is 5.50. The van der Waals surface area contributed by atoms with Crippen molar-refractivity contribution in [3.8, 4) is 5.69 Å². The summed E-state index contributed by atoms with van der Waals surface area (Å²) in [5.41, 5.74) is -0.721. The van der Waals surface area contributed by atoms with E-state index in [0.717, 1.165) is 22.3 Å². The quantitative estimate of drug-likeness (QED) is 0.429. The monoisotopic (exact) mass is 524 g/mol. The van der Waals surface area contributed by atoms with Gasteiger partial charge in [-0.2, -0.15) is 0 Å². The average molecular weight is 525 g/mol. The van der Waals surface area contributed by atoms with Gasteiger partial charge in [-0.1, -0.05) is 18.2 Å². The number of aryl methyl sites for hydroxylation is 1. The van der Waals surface area contributed by atoms with Crippen molar-refractivity contribution < 1.29 is 18.7 Å². The molecule has 5 rings (SSSR count). The lowest BCUT2D eigenvalue weighted by atomic mass is 9.98. The normalized spacial score (nSPS) is 15.4. The number of carbonyl (C=O) groups is 1. The number of carboxylic acid groups (broad SMARTS) is 1. The van der Waals surface area contributed by atoms with Crippen molar-refractivity contribution in [2.45, 2.75) is 51.6 Å². The van der Waals surface area contributed by atoms with E-state index in [1.54, 1.807) is 35.9 Å². The Morgan fingerprint density at radius 1 is 1.08 bits per heavy atom. The van der Waals surface area contributed by atoms with Crippen LogP contribution in [0.25, 0.3) is 16.7 Å². The van der Waals surface area contributed by atoms with Crippen LogP contribution in [0, 0.1) is 0 Å². The number of rotatable bonds is 5. The van der Waals surface area contributed by atoms with Gasteiger partial charge in [0.1, 0.15) is 5.56 Å². The topological polar surface area (TPSA) is 108 Å². The van der Waals surface area contributed by atoms with Gasteiger partial charge in [-0.15, -0.1) is 0 Å². The molecular weight excluding hydrogens is 498 g/mol. The van der Waals surface area contributed by atoms with E-state index >= 15 is 0 Å². The molecule has 0 spiro atoms. The smallest absolute Gasteiger partial charge is 0.342 e. The Kier molecular flexibility index (Phi) is 5.77. The largest absolute Gasteiger partial charge is 0.477 e. The Morgan fingerprint density at radius 3 is 2.42 bits per heavy atom. The third-order valence-corrected chi connectivity index (χ3v) is 7.24. The molecule has 1 aliphatic rings. The van der Waals surface area contributed by atoms with E-state index in [2.05, 4.69) is 0 Å². The first-order chi connectivity index (χ1) is 17.8. The third kappa shape index (κ3) is 3.72. The minimum Gasteiger partial charge on any atom is -0.477 e. The summed E-state index contributed by atoms with van der Waals surface area (Å²) < 4.78 is 33.5. The van der Waals surface area contributed by atoms with Gasteiger partial charge in [0.05, 0.1) is 22.8 Å². The van der Waals surface area contributed by atoms with Crippen LogP contribution < -0.4 is 16.9 Å². The summed E-state index contributed by atoms with van der Waals surface area (Å²) in [7, 11) is 1.63. The summed E-state index contributed by atoms with van der Waals surface area (Å²) in [6.07, 6.45) is 1.36. The predicted molar refractivity (Wildman–Crippen MR) is 137 cm³/mol. The van der Waals surface area contributed by atoms with Gasteiger partial charge >= 0.3 is 17.3 Å². The molecule has 0 saturated heterocycles. The van der Waals surface area contributed by atoms with Gasteiger partial charge in [-0.3, -0.25) is 23.1 Å². The fraction of sp³-hybridized carbons (Fsp3) is 0.333. The maximum absolute atomic E-state index is 14.3. The van der Waals surface area contributed by atoms with E-state index in [4.69, 9.17) is 0 Å².